The van der Waals surface area contributed by atoms with Crippen LogP contribution in [0.4, 0.5) is 5.69 Å². The third-order valence-corrected chi connectivity index (χ3v) is 4.30. The molecule has 1 aromatic rings. The van der Waals surface area contributed by atoms with E-state index in [1.165, 1.54) is 18.4 Å². The van der Waals surface area contributed by atoms with Crippen LogP contribution in [-0.2, 0) is 14.3 Å². The maximum atomic E-state index is 11.6. The Labute approximate surface area is 159 Å². The quantitative estimate of drug-likeness (QED) is 0.492. The Balaban J connectivity index is 0.000000401. The summed E-state index contributed by atoms with van der Waals surface area (Å²) in [4.78, 5) is 25.5. The molecule has 1 fully saturated rings. The largest absolute Gasteiger partial charge is 0.465 e. The zero-order valence-corrected chi connectivity index (χ0v) is 17.0. The van der Waals surface area contributed by atoms with Crippen LogP contribution in [0.2, 0.25) is 0 Å². The average molecular weight is 381 g/mol. The van der Waals surface area contributed by atoms with Gasteiger partial charge in [0.1, 0.15) is 11.2 Å². The van der Waals surface area contributed by atoms with Gasteiger partial charge in [-0.25, -0.2) is 4.79 Å². The highest BCUT2D eigenvalue weighted by Gasteiger charge is 2.16. The number of nitrogens with one attached hydrogen (secondary N) is 1. The summed E-state index contributed by atoms with van der Waals surface area (Å²) in [6.07, 6.45) is 0.735. The molecule has 0 atom stereocenters. The van der Waals surface area contributed by atoms with E-state index in [0.29, 0.717) is 10.6 Å². The maximum Gasteiger partial charge on any atom is 0.350 e. The zero-order chi connectivity index (χ0) is 19.6. The van der Waals surface area contributed by atoms with Crippen molar-refractivity contribution in [2.45, 2.75) is 20.8 Å². The van der Waals surface area contributed by atoms with Gasteiger partial charge >= 0.3 is 5.97 Å². The molecule has 1 aliphatic heterocycles. The van der Waals surface area contributed by atoms with E-state index < -0.39 is 5.97 Å². The Hall–Kier alpha value is -1.88. The van der Waals surface area contributed by atoms with Crippen LogP contribution < -0.4 is 5.32 Å². The van der Waals surface area contributed by atoms with Crippen LogP contribution in [0.1, 0.15) is 35.3 Å². The van der Waals surface area contributed by atoms with Crippen molar-refractivity contribution in [3.05, 3.63) is 15.8 Å². The molecule has 0 spiro atoms. The molecule has 1 N–H and O–H groups in total. The molecule has 2 heterocycles. The van der Waals surface area contributed by atoms with Crippen molar-refractivity contribution in [3.63, 3.8) is 0 Å². The molecule has 0 unspecified atom stereocenters. The van der Waals surface area contributed by atoms with Crippen molar-refractivity contribution in [2.75, 3.05) is 52.3 Å². The molecule has 26 heavy (non-hydrogen) atoms. The van der Waals surface area contributed by atoms with Gasteiger partial charge in [-0.2, -0.15) is 0 Å². The van der Waals surface area contributed by atoms with E-state index in [1.54, 1.807) is 6.07 Å². The highest BCUT2D eigenvalue weighted by Crippen LogP contribution is 2.27. The van der Waals surface area contributed by atoms with Crippen molar-refractivity contribution < 1.29 is 19.1 Å². The standard InChI is InChI=1S/C14H17NO3S.C5H11NO/c1-14(2,3)6-5-10-9-11(15-7-8-16)12(19-10)13(17)18-4;1-6-2-4-7-5-3-6/h8-9,15H,7H2,1-4H3;2-5H2,1H3. The second-order valence-electron chi connectivity index (χ2n) is 6.81. The molecular weight excluding hydrogens is 352 g/mol. The Morgan fingerprint density at radius 1 is 1.42 bits per heavy atom. The minimum absolute atomic E-state index is 0.105. The van der Waals surface area contributed by atoms with Gasteiger partial charge in [-0.3, -0.25) is 0 Å². The lowest BCUT2D eigenvalue weighted by atomic mass is 9.98. The molecule has 1 aromatic heterocycles. The third kappa shape index (κ3) is 8.48. The molecule has 144 valence electrons. The van der Waals surface area contributed by atoms with Gasteiger partial charge in [0.25, 0.3) is 0 Å². The smallest absolute Gasteiger partial charge is 0.350 e. The lowest BCUT2D eigenvalue weighted by Gasteiger charge is -2.21. The van der Waals surface area contributed by atoms with Gasteiger partial charge in [0, 0.05) is 18.5 Å². The summed E-state index contributed by atoms with van der Waals surface area (Å²) >= 11 is 1.26. The van der Waals surface area contributed by atoms with Crippen LogP contribution in [-0.4, -0.2) is 64.2 Å². The molecule has 0 bridgehead atoms. The van der Waals surface area contributed by atoms with Crippen LogP contribution >= 0.6 is 11.3 Å². The topological polar surface area (TPSA) is 67.9 Å². The number of rotatable bonds is 4. The van der Waals surface area contributed by atoms with Crippen LogP contribution in [0.15, 0.2) is 6.07 Å². The lowest BCUT2D eigenvalue weighted by Crippen LogP contribution is -2.32. The van der Waals surface area contributed by atoms with E-state index in [4.69, 9.17) is 9.47 Å². The Morgan fingerprint density at radius 3 is 2.54 bits per heavy atom. The van der Waals surface area contributed by atoms with E-state index in [1.807, 2.05) is 20.8 Å². The first kappa shape index (κ1) is 22.2. The summed E-state index contributed by atoms with van der Waals surface area (Å²) < 4.78 is 9.81. The molecule has 1 aliphatic rings. The van der Waals surface area contributed by atoms with E-state index in [9.17, 15) is 9.59 Å². The van der Waals surface area contributed by atoms with Gasteiger partial charge in [-0.15, -0.1) is 11.3 Å². The number of likely N-dealkylation sites (N-methyl/N-ethyl adjacent to an activating group) is 1. The molecule has 0 aromatic carbocycles. The van der Waals surface area contributed by atoms with E-state index in [-0.39, 0.29) is 12.0 Å². The van der Waals surface area contributed by atoms with Gasteiger partial charge < -0.3 is 24.5 Å². The first-order valence-corrected chi connectivity index (χ1v) is 9.27. The molecule has 0 amide bonds. The number of methoxy groups -OCH3 is 1. The van der Waals surface area contributed by atoms with Crippen molar-refractivity contribution >= 4 is 29.3 Å². The number of carbonyl (C=O) groups is 2. The lowest BCUT2D eigenvalue weighted by molar-refractivity contribution is -0.106. The first-order chi connectivity index (χ1) is 12.3. The number of hydrogen-bond donors (Lipinski definition) is 1. The monoisotopic (exact) mass is 380 g/mol. The van der Waals surface area contributed by atoms with Crippen molar-refractivity contribution in [3.8, 4) is 11.8 Å². The predicted octanol–water partition coefficient (Wildman–Crippen LogP) is 2.49. The van der Waals surface area contributed by atoms with E-state index in [0.717, 1.165) is 37.5 Å². The van der Waals surface area contributed by atoms with Gasteiger partial charge in [0.2, 0.25) is 0 Å². The highest BCUT2D eigenvalue weighted by molar-refractivity contribution is 7.15. The fourth-order valence-corrected chi connectivity index (χ4v) is 2.79. The summed E-state index contributed by atoms with van der Waals surface area (Å²) in [7, 11) is 3.44. The molecule has 1 saturated heterocycles. The number of ether oxygens (including phenoxy) is 2. The van der Waals surface area contributed by atoms with Gasteiger partial charge in [0.05, 0.1) is 37.4 Å². The summed E-state index contributed by atoms with van der Waals surface area (Å²) in [6, 6.07) is 1.76. The minimum Gasteiger partial charge on any atom is -0.465 e. The molecule has 0 saturated carbocycles. The second kappa shape index (κ2) is 11.0. The number of esters is 1. The number of morpholine rings is 1. The summed E-state index contributed by atoms with van der Waals surface area (Å²) in [5.41, 5.74) is 0.480. The summed E-state index contributed by atoms with van der Waals surface area (Å²) in [6.45, 7) is 10.2. The Bertz CT molecular complexity index is 647. The van der Waals surface area contributed by atoms with E-state index >= 15 is 0 Å². The van der Waals surface area contributed by atoms with Crippen molar-refractivity contribution in [1.29, 1.82) is 0 Å². The third-order valence-electron chi connectivity index (χ3n) is 3.27. The Kier molecular flexibility index (Phi) is 9.35. The number of nitrogens with zero attached hydrogens (tertiary/aromatic N) is 1. The molecule has 2 rings (SSSR count). The van der Waals surface area contributed by atoms with Gasteiger partial charge in [-0.1, -0.05) is 11.8 Å². The number of anilines is 1. The Morgan fingerprint density at radius 2 is 2.08 bits per heavy atom. The SMILES string of the molecule is CN1CCOCC1.COC(=O)c1sc(C#CC(C)(C)C)cc1NCC=O. The van der Waals surface area contributed by atoms with Crippen LogP contribution in [0, 0.1) is 17.3 Å². The normalized spacial score (nSPS) is 14.3. The first-order valence-electron chi connectivity index (χ1n) is 8.46. The molecule has 6 nitrogen and oxygen atoms in total. The van der Waals surface area contributed by atoms with Crippen LogP contribution in [0.5, 0.6) is 0 Å². The van der Waals surface area contributed by atoms with Crippen molar-refractivity contribution in [1.82, 2.24) is 4.90 Å². The summed E-state index contributed by atoms with van der Waals surface area (Å²) in [5, 5.41) is 2.87. The molecule has 7 heteroatoms. The van der Waals surface area contributed by atoms with Gasteiger partial charge in [-0.05, 0) is 33.9 Å². The number of thiophene rings is 1. The fraction of sp³-hybridized carbons (Fsp3) is 0.579. The number of carbonyl (C=O) groups excluding carboxylic acids is 2. The maximum absolute atomic E-state index is 11.6. The van der Waals surface area contributed by atoms with Gasteiger partial charge in [0.15, 0.2) is 0 Å². The second-order valence-corrected chi connectivity index (χ2v) is 7.86. The van der Waals surface area contributed by atoms with Crippen LogP contribution in [0.25, 0.3) is 0 Å². The number of aldehydes is 1. The summed E-state index contributed by atoms with van der Waals surface area (Å²) in [5.74, 6) is 5.71. The fourth-order valence-electron chi connectivity index (χ4n) is 1.88. The van der Waals surface area contributed by atoms with Crippen LogP contribution in [0.3, 0.4) is 0 Å². The predicted molar refractivity (Wildman–Crippen MR) is 105 cm³/mol. The molecule has 0 aliphatic carbocycles. The number of hydrogen-bond acceptors (Lipinski definition) is 7. The molecule has 0 radical (unpaired) electrons. The average Bonchev–Trinajstić information content (AvgIpc) is 3.01. The van der Waals surface area contributed by atoms with E-state index in [2.05, 4.69) is 29.1 Å². The molecular formula is C19H28N2O4S. The zero-order valence-electron chi connectivity index (χ0n) is 16.2. The van der Waals surface area contributed by atoms with Crippen molar-refractivity contribution in [2.24, 2.45) is 5.41 Å². The minimum atomic E-state index is -0.429. The highest BCUT2D eigenvalue weighted by atomic mass is 32.1.